The second kappa shape index (κ2) is 3.63. The SMILES string of the molecule is Cl.NC(=O)OC1CC(N)C1. The fourth-order valence-electron chi connectivity index (χ4n) is 0.867. The van der Waals surface area contributed by atoms with E-state index in [9.17, 15) is 4.79 Å². The number of hydrogen-bond acceptors (Lipinski definition) is 3. The summed E-state index contributed by atoms with van der Waals surface area (Å²) in [6.07, 6.45) is 0.788. The fraction of sp³-hybridized carbons (Fsp3) is 0.800. The van der Waals surface area contributed by atoms with Crippen molar-refractivity contribution in [3.63, 3.8) is 0 Å². The van der Waals surface area contributed by atoms with Gasteiger partial charge in [0.2, 0.25) is 0 Å². The first-order valence-electron chi connectivity index (χ1n) is 2.90. The number of nitrogens with two attached hydrogens (primary N) is 2. The third-order valence-electron chi connectivity index (χ3n) is 1.41. The molecule has 0 aliphatic heterocycles. The van der Waals surface area contributed by atoms with Gasteiger partial charge in [0, 0.05) is 6.04 Å². The zero-order valence-corrected chi connectivity index (χ0v) is 6.26. The molecule has 0 radical (unpaired) electrons. The van der Waals surface area contributed by atoms with Crippen molar-refractivity contribution in [3.05, 3.63) is 0 Å². The minimum absolute atomic E-state index is 0. The van der Waals surface area contributed by atoms with Gasteiger partial charge in [-0.2, -0.15) is 0 Å². The van der Waals surface area contributed by atoms with Gasteiger partial charge in [0.1, 0.15) is 6.10 Å². The predicted molar refractivity (Wildman–Crippen MR) is 38.9 cm³/mol. The Morgan fingerprint density at radius 3 is 2.30 bits per heavy atom. The number of halogens is 1. The van der Waals surface area contributed by atoms with E-state index in [1.807, 2.05) is 0 Å². The first-order valence-corrected chi connectivity index (χ1v) is 2.90. The van der Waals surface area contributed by atoms with Gasteiger partial charge >= 0.3 is 6.09 Å². The summed E-state index contributed by atoms with van der Waals surface area (Å²) in [5.74, 6) is 0. The lowest BCUT2D eigenvalue weighted by molar-refractivity contribution is 0.0473. The van der Waals surface area contributed by atoms with Gasteiger partial charge in [-0.15, -0.1) is 12.4 Å². The second-order valence-corrected chi connectivity index (χ2v) is 2.29. The fourth-order valence-corrected chi connectivity index (χ4v) is 0.867. The van der Waals surface area contributed by atoms with Crippen molar-refractivity contribution in [1.82, 2.24) is 0 Å². The summed E-state index contributed by atoms with van der Waals surface area (Å²) in [4.78, 5) is 10.1. The standard InChI is InChI=1S/C5H10N2O2.ClH/c6-3-1-4(2-3)9-5(7)8;/h3-4H,1-2,6H2,(H2,7,8);1H. The normalized spacial score (nSPS) is 29.7. The number of hydrogen-bond donors (Lipinski definition) is 2. The Balaban J connectivity index is 0.000000810. The average Bonchev–Trinajstić information content (AvgIpc) is 1.60. The number of carbonyl (C=O) groups is 1. The first kappa shape index (κ1) is 9.52. The summed E-state index contributed by atoms with van der Waals surface area (Å²) in [5, 5.41) is 0. The van der Waals surface area contributed by atoms with Crippen LogP contribution in [0.2, 0.25) is 0 Å². The van der Waals surface area contributed by atoms with Gasteiger partial charge in [0.05, 0.1) is 0 Å². The molecule has 60 valence electrons. The van der Waals surface area contributed by atoms with Gasteiger partial charge in [0.25, 0.3) is 0 Å². The highest BCUT2D eigenvalue weighted by atomic mass is 35.5. The van der Waals surface area contributed by atoms with E-state index in [2.05, 4.69) is 4.74 Å². The highest BCUT2D eigenvalue weighted by Crippen LogP contribution is 2.20. The largest absolute Gasteiger partial charge is 0.446 e. The van der Waals surface area contributed by atoms with E-state index in [0.717, 1.165) is 12.8 Å². The van der Waals surface area contributed by atoms with Gasteiger partial charge in [-0.05, 0) is 12.8 Å². The summed E-state index contributed by atoms with van der Waals surface area (Å²) < 4.78 is 4.62. The smallest absolute Gasteiger partial charge is 0.404 e. The van der Waals surface area contributed by atoms with Crippen molar-refractivity contribution in [2.45, 2.75) is 25.0 Å². The molecule has 1 rings (SSSR count). The van der Waals surface area contributed by atoms with Crippen LogP contribution >= 0.6 is 12.4 Å². The van der Waals surface area contributed by atoms with Crippen LogP contribution in [0.5, 0.6) is 0 Å². The topological polar surface area (TPSA) is 78.3 Å². The molecule has 0 unspecified atom stereocenters. The number of carbonyl (C=O) groups excluding carboxylic acids is 1. The van der Waals surface area contributed by atoms with Crippen LogP contribution in [0.4, 0.5) is 4.79 Å². The number of rotatable bonds is 1. The number of primary amides is 1. The van der Waals surface area contributed by atoms with Crippen LogP contribution in [0, 0.1) is 0 Å². The summed E-state index contributed by atoms with van der Waals surface area (Å²) in [6, 6.07) is 0.203. The Bertz CT molecular complexity index is 125. The maximum atomic E-state index is 10.1. The molecule has 1 aliphatic rings. The van der Waals surface area contributed by atoms with Gasteiger partial charge in [-0.3, -0.25) is 0 Å². The molecule has 0 heterocycles. The Hall–Kier alpha value is -0.480. The van der Waals surface area contributed by atoms with Crippen LogP contribution in [0.15, 0.2) is 0 Å². The zero-order chi connectivity index (χ0) is 6.85. The molecule has 5 heteroatoms. The molecule has 0 bridgehead atoms. The Morgan fingerprint density at radius 2 is 2.00 bits per heavy atom. The van der Waals surface area contributed by atoms with Crippen molar-refractivity contribution in [3.8, 4) is 0 Å². The van der Waals surface area contributed by atoms with Crippen LogP contribution < -0.4 is 11.5 Å². The molecule has 1 saturated carbocycles. The lowest BCUT2D eigenvalue weighted by atomic mass is 9.90. The maximum absolute atomic E-state index is 10.1. The Morgan fingerprint density at radius 1 is 1.50 bits per heavy atom. The number of ether oxygens (including phenoxy) is 1. The predicted octanol–water partition coefficient (Wildman–Crippen LogP) is -0.00680. The molecule has 1 aliphatic carbocycles. The lowest BCUT2D eigenvalue weighted by Gasteiger charge is -2.30. The first-order chi connectivity index (χ1) is 4.18. The second-order valence-electron chi connectivity index (χ2n) is 2.29. The molecule has 0 aromatic carbocycles. The van der Waals surface area contributed by atoms with Crippen molar-refractivity contribution < 1.29 is 9.53 Å². The van der Waals surface area contributed by atoms with Crippen LogP contribution in [0.1, 0.15) is 12.8 Å². The third-order valence-corrected chi connectivity index (χ3v) is 1.41. The Kier molecular flexibility index (Phi) is 3.46. The highest BCUT2D eigenvalue weighted by molar-refractivity contribution is 5.85. The minimum Gasteiger partial charge on any atom is -0.446 e. The van der Waals surface area contributed by atoms with E-state index in [1.54, 1.807) is 0 Å². The molecule has 10 heavy (non-hydrogen) atoms. The molecule has 0 aromatic rings. The maximum Gasteiger partial charge on any atom is 0.404 e. The van der Waals surface area contributed by atoms with Crippen LogP contribution in [0.25, 0.3) is 0 Å². The summed E-state index contributed by atoms with van der Waals surface area (Å²) in [6.45, 7) is 0. The lowest BCUT2D eigenvalue weighted by Crippen LogP contribution is -2.43. The van der Waals surface area contributed by atoms with Crippen molar-refractivity contribution in [2.24, 2.45) is 11.5 Å². The van der Waals surface area contributed by atoms with Gasteiger partial charge in [0.15, 0.2) is 0 Å². The van der Waals surface area contributed by atoms with E-state index >= 15 is 0 Å². The summed E-state index contributed by atoms with van der Waals surface area (Å²) in [5.41, 5.74) is 10.2. The molecule has 4 N–H and O–H groups in total. The molecule has 1 amide bonds. The molecular formula is C5H11ClN2O2. The van der Waals surface area contributed by atoms with Crippen molar-refractivity contribution in [1.29, 1.82) is 0 Å². The van der Waals surface area contributed by atoms with E-state index in [1.165, 1.54) is 0 Å². The summed E-state index contributed by atoms with van der Waals surface area (Å²) >= 11 is 0. The van der Waals surface area contributed by atoms with E-state index in [4.69, 9.17) is 11.5 Å². The Labute approximate surface area is 65.3 Å². The highest BCUT2D eigenvalue weighted by Gasteiger charge is 2.28. The van der Waals surface area contributed by atoms with Crippen molar-refractivity contribution >= 4 is 18.5 Å². The van der Waals surface area contributed by atoms with Crippen LogP contribution in [-0.2, 0) is 4.74 Å². The van der Waals surface area contributed by atoms with Gasteiger partial charge in [-0.1, -0.05) is 0 Å². The molecule has 0 saturated heterocycles. The molecular weight excluding hydrogens is 156 g/mol. The quantitative estimate of drug-likeness (QED) is 0.575. The minimum atomic E-state index is -0.702. The van der Waals surface area contributed by atoms with Crippen LogP contribution in [0.3, 0.4) is 0 Å². The van der Waals surface area contributed by atoms with Crippen molar-refractivity contribution in [2.75, 3.05) is 0 Å². The number of amides is 1. The monoisotopic (exact) mass is 166 g/mol. The van der Waals surface area contributed by atoms with Crippen LogP contribution in [-0.4, -0.2) is 18.2 Å². The molecule has 1 fully saturated rings. The summed E-state index contributed by atoms with van der Waals surface area (Å²) in [7, 11) is 0. The molecule has 0 atom stereocenters. The van der Waals surface area contributed by atoms with E-state index in [0.29, 0.717) is 0 Å². The van der Waals surface area contributed by atoms with Gasteiger partial charge in [-0.25, -0.2) is 4.79 Å². The van der Waals surface area contributed by atoms with E-state index < -0.39 is 6.09 Å². The molecule has 0 spiro atoms. The molecule has 0 aromatic heterocycles. The zero-order valence-electron chi connectivity index (χ0n) is 5.45. The average molecular weight is 167 g/mol. The van der Waals surface area contributed by atoms with E-state index in [-0.39, 0.29) is 24.6 Å². The third kappa shape index (κ3) is 2.41. The van der Waals surface area contributed by atoms with Gasteiger partial charge < -0.3 is 16.2 Å². The molecule has 4 nitrogen and oxygen atoms in total.